The van der Waals surface area contributed by atoms with Crippen LogP contribution in [0, 0.1) is 6.92 Å². The van der Waals surface area contributed by atoms with Crippen LogP contribution in [0.3, 0.4) is 0 Å². The van der Waals surface area contributed by atoms with E-state index in [1.807, 2.05) is 25.1 Å². The fraction of sp³-hybridized carbons (Fsp3) is 0.556. The number of hydrogen-bond donors (Lipinski definition) is 3. The zero-order chi connectivity index (χ0) is 21.0. The lowest BCUT2D eigenvalue weighted by molar-refractivity contribution is -0.141. The summed E-state index contributed by atoms with van der Waals surface area (Å²) in [6, 6.07) is 5.43. The van der Waals surface area contributed by atoms with Gasteiger partial charge in [0.05, 0.1) is 12.3 Å². The number of carbonyl (C=O) groups is 2. The Morgan fingerprint density at radius 3 is 2.41 bits per heavy atom. The first-order valence-electron chi connectivity index (χ1n) is 8.71. The van der Waals surface area contributed by atoms with Crippen molar-refractivity contribution in [2.75, 3.05) is 30.0 Å². The van der Waals surface area contributed by atoms with Crippen molar-refractivity contribution in [1.29, 1.82) is 0 Å². The number of sulfone groups is 1. The van der Waals surface area contributed by atoms with Crippen LogP contribution in [0.1, 0.15) is 31.9 Å². The van der Waals surface area contributed by atoms with Gasteiger partial charge in [-0.3, -0.25) is 9.59 Å². The van der Waals surface area contributed by atoms with Gasteiger partial charge in [-0.2, -0.15) is 0 Å². The summed E-state index contributed by atoms with van der Waals surface area (Å²) < 4.78 is 26.2. The molecule has 0 fully saturated rings. The highest BCUT2D eigenvalue weighted by molar-refractivity contribution is 7.91. The molecule has 154 valence electrons. The molecule has 1 aromatic rings. The number of carboxylic acids is 1. The van der Waals surface area contributed by atoms with Gasteiger partial charge in [-0.1, -0.05) is 32.0 Å². The molecule has 4 N–H and O–H groups in total. The van der Waals surface area contributed by atoms with E-state index in [4.69, 9.17) is 10.8 Å². The van der Waals surface area contributed by atoms with Crippen molar-refractivity contribution in [3.63, 3.8) is 0 Å². The van der Waals surface area contributed by atoms with Crippen LogP contribution in [0.5, 0.6) is 0 Å². The average Bonchev–Trinajstić information content (AvgIpc) is 2.63. The highest BCUT2D eigenvalue weighted by Crippen LogP contribution is 2.21. The number of aryl methyl sites for hydroxylation is 2. The molecule has 0 heterocycles. The van der Waals surface area contributed by atoms with E-state index in [2.05, 4.69) is 17.0 Å². The Labute approximate surface area is 161 Å². The predicted octanol–water partition coefficient (Wildman–Crippen LogP) is 1.37. The van der Waals surface area contributed by atoms with Gasteiger partial charge in [0.1, 0.15) is 12.6 Å². The molecule has 1 atom stereocenters. The minimum Gasteiger partial charge on any atom is -0.480 e. The molecule has 0 aliphatic heterocycles. The number of rotatable bonds is 9. The van der Waals surface area contributed by atoms with E-state index in [9.17, 15) is 18.0 Å². The second-order valence-electron chi connectivity index (χ2n) is 5.83. The minimum atomic E-state index is -3.04. The van der Waals surface area contributed by atoms with E-state index < -0.39 is 27.8 Å². The van der Waals surface area contributed by atoms with Gasteiger partial charge in [-0.15, -0.1) is 0 Å². The molecule has 0 aliphatic rings. The topological polar surface area (TPSA) is 136 Å². The minimum absolute atomic E-state index is 0.0627. The zero-order valence-corrected chi connectivity index (χ0v) is 17.1. The fourth-order valence-corrected chi connectivity index (χ4v) is 2.62. The summed E-state index contributed by atoms with van der Waals surface area (Å²) in [5.41, 5.74) is 8.13. The Morgan fingerprint density at radius 2 is 1.93 bits per heavy atom. The molecular formula is C18H30N2O6S. The zero-order valence-electron chi connectivity index (χ0n) is 16.3. The first kappa shape index (κ1) is 24.9. The van der Waals surface area contributed by atoms with Crippen LogP contribution in [-0.4, -0.2) is 56.2 Å². The molecule has 0 bridgehead atoms. The van der Waals surface area contributed by atoms with Crippen LogP contribution in [0.2, 0.25) is 0 Å². The van der Waals surface area contributed by atoms with Crippen molar-refractivity contribution < 1.29 is 27.9 Å². The smallest absolute Gasteiger partial charge is 0.325 e. The molecule has 27 heavy (non-hydrogen) atoms. The van der Waals surface area contributed by atoms with Gasteiger partial charge in [0.25, 0.3) is 0 Å². The lowest BCUT2D eigenvalue weighted by atomic mass is 10.1. The third kappa shape index (κ3) is 9.95. The molecule has 0 saturated heterocycles. The Bertz CT molecular complexity index is 719. The molecule has 0 spiro atoms. The lowest BCUT2D eigenvalue weighted by Crippen LogP contribution is -2.26. The Kier molecular flexibility index (Phi) is 11.3. The number of hydrogen-bond acceptors (Lipinski definition) is 7. The summed E-state index contributed by atoms with van der Waals surface area (Å²) in [6.45, 7) is 6.91. The largest absolute Gasteiger partial charge is 0.480 e. The number of nitrogens with two attached hydrogens (primary N) is 1. The van der Waals surface area contributed by atoms with Gasteiger partial charge >= 0.3 is 11.9 Å². The maximum Gasteiger partial charge on any atom is 0.325 e. The van der Waals surface area contributed by atoms with Crippen LogP contribution in [0.25, 0.3) is 0 Å². The van der Waals surface area contributed by atoms with Gasteiger partial charge in [0, 0.05) is 11.4 Å². The maximum atomic E-state index is 10.8. The molecule has 0 aromatic heterocycles. The normalized spacial score (nSPS) is 11.7. The molecule has 9 heteroatoms. The maximum absolute atomic E-state index is 10.8. The Balaban J connectivity index is 0.000000516. The number of anilines is 1. The fourth-order valence-electron chi connectivity index (χ4n) is 1.99. The van der Waals surface area contributed by atoms with Crippen molar-refractivity contribution in [2.45, 2.75) is 40.2 Å². The van der Waals surface area contributed by atoms with Gasteiger partial charge in [-0.05, 0) is 31.4 Å². The van der Waals surface area contributed by atoms with Crippen LogP contribution in [0.4, 0.5) is 5.69 Å². The van der Waals surface area contributed by atoms with E-state index in [-0.39, 0.29) is 24.7 Å². The number of nitrogens with one attached hydrogen (secondary N) is 1. The number of ether oxygens (including phenoxy) is 1. The summed E-state index contributed by atoms with van der Waals surface area (Å²) in [4.78, 5) is 21.2. The van der Waals surface area contributed by atoms with E-state index in [1.54, 1.807) is 13.8 Å². The molecule has 0 amide bonds. The highest BCUT2D eigenvalue weighted by Gasteiger charge is 2.13. The number of esters is 1. The van der Waals surface area contributed by atoms with Gasteiger partial charge in [0.2, 0.25) is 0 Å². The van der Waals surface area contributed by atoms with Crippen molar-refractivity contribution in [1.82, 2.24) is 0 Å². The molecule has 0 unspecified atom stereocenters. The van der Waals surface area contributed by atoms with Crippen LogP contribution in [-0.2, 0) is 30.6 Å². The summed E-state index contributed by atoms with van der Waals surface area (Å²) in [5, 5.41) is 11.9. The third-order valence-corrected chi connectivity index (χ3v) is 5.40. The number of para-hydroxylation sites is 1. The summed E-state index contributed by atoms with van der Waals surface area (Å²) in [7, 11) is -3.04. The first-order chi connectivity index (χ1) is 12.6. The average molecular weight is 403 g/mol. The Hall–Kier alpha value is -2.13. The van der Waals surface area contributed by atoms with Crippen molar-refractivity contribution >= 4 is 27.5 Å². The first-order valence-corrected chi connectivity index (χ1v) is 10.5. The van der Waals surface area contributed by atoms with Crippen LogP contribution < -0.4 is 11.1 Å². The molecule has 0 saturated carbocycles. The molecule has 1 aromatic carbocycles. The third-order valence-electron chi connectivity index (χ3n) is 3.74. The second-order valence-corrected chi connectivity index (χ2v) is 8.30. The molecule has 0 aliphatic carbocycles. The predicted molar refractivity (Wildman–Crippen MR) is 106 cm³/mol. The summed E-state index contributed by atoms with van der Waals surface area (Å²) >= 11 is 0. The standard InChI is InChI=1S/C12H17NO2.C6H13NO4S/c1-4-10-7-5-6-8(2)11(10)13-9(3)12(14)15;1-2-12(9,10)4-3-11-6(8)5-7/h5-7,9,13H,4H2,1-3H3,(H,14,15);2-5,7H2,1H3/t9-;/m0./s1. The van der Waals surface area contributed by atoms with Crippen molar-refractivity contribution in [3.8, 4) is 0 Å². The van der Waals surface area contributed by atoms with E-state index >= 15 is 0 Å². The summed E-state index contributed by atoms with van der Waals surface area (Å²) in [6.07, 6.45) is 0.899. The van der Waals surface area contributed by atoms with Gasteiger partial charge in [0.15, 0.2) is 9.84 Å². The van der Waals surface area contributed by atoms with Gasteiger partial charge in [-0.25, -0.2) is 8.42 Å². The highest BCUT2D eigenvalue weighted by atomic mass is 32.2. The van der Waals surface area contributed by atoms with E-state index in [0.29, 0.717) is 0 Å². The van der Waals surface area contributed by atoms with Crippen molar-refractivity contribution in [2.24, 2.45) is 5.73 Å². The number of benzene rings is 1. The number of carbonyl (C=O) groups excluding carboxylic acids is 1. The molecular weight excluding hydrogens is 372 g/mol. The second kappa shape index (κ2) is 12.3. The molecule has 0 radical (unpaired) electrons. The summed E-state index contributed by atoms with van der Waals surface area (Å²) in [5.74, 6) is -1.48. The quantitative estimate of drug-likeness (QED) is 0.527. The molecule has 8 nitrogen and oxygen atoms in total. The van der Waals surface area contributed by atoms with E-state index in [1.165, 1.54) is 0 Å². The van der Waals surface area contributed by atoms with E-state index in [0.717, 1.165) is 23.2 Å². The number of carboxylic acid groups (broad SMARTS) is 1. The van der Waals surface area contributed by atoms with Crippen LogP contribution >= 0.6 is 0 Å². The Morgan fingerprint density at radius 1 is 1.30 bits per heavy atom. The SMILES string of the molecule is CCS(=O)(=O)CCOC(=O)CN.CCc1cccc(C)c1N[C@@H](C)C(=O)O. The van der Waals surface area contributed by atoms with Gasteiger partial charge < -0.3 is 20.9 Å². The number of aliphatic carboxylic acids is 1. The lowest BCUT2D eigenvalue weighted by Gasteiger charge is -2.16. The monoisotopic (exact) mass is 402 g/mol. The van der Waals surface area contributed by atoms with Crippen LogP contribution in [0.15, 0.2) is 18.2 Å². The molecule has 1 rings (SSSR count). The van der Waals surface area contributed by atoms with Crippen molar-refractivity contribution in [3.05, 3.63) is 29.3 Å².